The van der Waals surface area contributed by atoms with E-state index in [0.717, 1.165) is 36.3 Å². The smallest absolute Gasteiger partial charge is 0.302 e. The topological polar surface area (TPSA) is 147 Å². The van der Waals surface area contributed by atoms with Crippen molar-refractivity contribution in [2.45, 2.75) is 60.8 Å². The van der Waals surface area contributed by atoms with Gasteiger partial charge in [0.05, 0.1) is 45.1 Å². The molecule has 0 aromatic heterocycles. The van der Waals surface area contributed by atoms with E-state index in [1.165, 1.54) is 27.7 Å². The molecule has 0 spiro atoms. The third kappa shape index (κ3) is 21.6. The molecule has 0 aliphatic carbocycles. The number of esters is 4. The maximum atomic E-state index is 11.2. The van der Waals surface area contributed by atoms with Crippen LogP contribution in [0, 0.1) is 0 Å². The van der Waals surface area contributed by atoms with Crippen LogP contribution in [0.15, 0.2) is 42.5 Å². The average molecular weight is 691 g/mol. The summed E-state index contributed by atoms with van der Waals surface area (Å²) in [6.07, 6.45) is 3.74. The summed E-state index contributed by atoms with van der Waals surface area (Å²) >= 11 is 0. The molecule has 274 valence electrons. The second-order valence-corrected chi connectivity index (χ2v) is 10.7. The van der Waals surface area contributed by atoms with Crippen LogP contribution in [0.1, 0.15) is 71.2 Å². The Balaban J connectivity index is 0.000000925. The first kappa shape index (κ1) is 44.2. The summed E-state index contributed by atoms with van der Waals surface area (Å²) in [5.41, 5.74) is 2.32. The number of unbranched alkanes of at least 4 members (excludes halogenated alkanes) is 2. The molecule has 0 aliphatic heterocycles. The lowest BCUT2D eigenvalue weighted by atomic mass is 10.2. The van der Waals surface area contributed by atoms with Crippen molar-refractivity contribution in [3.05, 3.63) is 48.0 Å². The van der Waals surface area contributed by atoms with Crippen molar-refractivity contribution in [1.82, 2.24) is 0 Å². The molecular formula is C36H54N2O11. The van der Waals surface area contributed by atoms with Crippen molar-refractivity contribution < 1.29 is 52.4 Å². The number of anilines is 2. The minimum Gasteiger partial charge on any atom is -0.494 e. The third-order valence-corrected chi connectivity index (χ3v) is 6.50. The van der Waals surface area contributed by atoms with Crippen molar-refractivity contribution in [2.75, 3.05) is 76.6 Å². The molecule has 0 radical (unpaired) electrons. The van der Waals surface area contributed by atoms with Gasteiger partial charge in [0.2, 0.25) is 0 Å². The zero-order valence-corrected chi connectivity index (χ0v) is 29.0. The first-order valence-electron chi connectivity index (χ1n) is 15.8. The molecule has 0 fully saturated rings. The van der Waals surface area contributed by atoms with Gasteiger partial charge in [-0.25, -0.2) is 0 Å². The second-order valence-electron chi connectivity index (χ2n) is 10.7. The van der Waals surface area contributed by atoms with E-state index >= 15 is 0 Å². The first-order valence-corrected chi connectivity index (χ1v) is 15.8. The molecular weight excluding hydrogens is 636 g/mol. The van der Waals surface area contributed by atoms with E-state index in [0.29, 0.717) is 70.3 Å². The van der Waals surface area contributed by atoms with Crippen LogP contribution in [-0.4, -0.2) is 97.0 Å². The molecule has 0 saturated heterocycles. The fourth-order valence-electron chi connectivity index (χ4n) is 3.92. The van der Waals surface area contributed by atoms with Gasteiger partial charge < -0.3 is 38.2 Å². The predicted molar refractivity (Wildman–Crippen MR) is 188 cm³/mol. The third-order valence-electron chi connectivity index (χ3n) is 6.50. The molecule has 0 aliphatic rings. The van der Waals surface area contributed by atoms with E-state index in [9.17, 15) is 24.0 Å². The van der Waals surface area contributed by atoms with Crippen LogP contribution < -0.4 is 19.3 Å². The van der Waals surface area contributed by atoms with Crippen molar-refractivity contribution in [2.24, 2.45) is 0 Å². The minimum absolute atomic E-state index is 0. The Morgan fingerprint density at radius 2 is 1.04 bits per heavy atom. The Bertz CT molecular complexity index is 1290. The number of rotatable bonds is 21. The molecule has 13 nitrogen and oxygen atoms in total. The Labute approximate surface area is 290 Å². The van der Waals surface area contributed by atoms with Crippen molar-refractivity contribution in [3.63, 3.8) is 0 Å². The minimum atomic E-state index is -0.317. The van der Waals surface area contributed by atoms with Crippen LogP contribution >= 0.6 is 0 Å². The van der Waals surface area contributed by atoms with Gasteiger partial charge in [0.1, 0.15) is 24.7 Å². The van der Waals surface area contributed by atoms with E-state index < -0.39 is 0 Å². The van der Waals surface area contributed by atoms with Crippen LogP contribution in [0.3, 0.4) is 0 Å². The lowest BCUT2D eigenvalue weighted by Gasteiger charge is -2.20. The number of carbonyl (C=O) groups is 5. The number of likely N-dealkylation sites (N-methyl/N-ethyl adjacent to an activating group) is 2. The number of ether oxygens (including phenoxy) is 6. The Hall–Kier alpha value is -4.81. The molecule has 0 amide bonds. The Morgan fingerprint density at radius 3 is 1.53 bits per heavy atom. The summed E-state index contributed by atoms with van der Waals surface area (Å²) in [5, 5.41) is 0. The molecule has 0 bridgehead atoms. The number of carbonyl (C=O) groups excluding carboxylic acids is 5. The SMILES string of the molecule is C.CC(=O)OCCCCOc1cc(N(C)CCOC(C)=O)ccc1C=O.CC(=O)OCCCCOc1cccc(N(C)CCOC(C)=O)c1. The zero-order chi connectivity index (χ0) is 35.7. The highest BCUT2D eigenvalue weighted by Gasteiger charge is 2.09. The summed E-state index contributed by atoms with van der Waals surface area (Å²) in [5.74, 6) is 0.143. The van der Waals surface area contributed by atoms with Gasteiger partial charge in [-0.1, -0.05) is 13.5 Å². The van der Waals surface area contributed by atoms with Gasteiger partial charge in [-0.2, -0.15) is 0 Å². The summed E-state index contributed by atoms with van der Waals surface area (Å²) in [6, 6.07) is 13.0. The second kappa shape index (κ2) is 26.2. The van der Waals surface area contributed by atoms with Crippen LogP contribution in [0.5, 0.6) is 11.5 Å². The molecule has 0 unspecified atom stereocenters. The van der Waals surface area contributed by atoms with Crippen molar-refractivity contribution in [3.8, 4) is 11.5 Å². The van der Waals surface area contributed by atoms with E-state index in [2.05, 4.69) is 0 Å². The zero-order valence-electron chi connectivity index (χ0n) is 29.0. The normalized spacial score (nSPS) is 9.84. The van der Waals surface area contributed by atoms with Crippen molar-refractivity contribution in [1.29, 1.82) is 0 Å². The first-order chi connectivity index (χ1) is 22.9. The van der Waals surface area contributed by atoms with Gasteiger partial charge >= 0.3 is 23.9 Å². The number of hydrogen-bond acceptors (Lipinski definition) is 13. The highest BCUT2D eigenvalue weighted by Crippen LogP contribution is 2.25. The average Bonchev–Trinajstić information content (AvgIpc) is 3.04. The summed E-state index contributed by atoms with van der Waals surface area (Å²) in [7, 11) is 3.80. The van der Waals surface area contributed by atoms with E-state index in [1.807, 2.05) is 54.2 Å². The largest absolute Gasteiger partial charge is 0.494 e. The van der Waals surface area contributed by atoms with Gasteiger partial charge in [0.15, 0.2) is 6.29 Å². The van der Waals surface area contributed by atoms with E-state index in [-0.39, 0.29) is 37.9 Å². The van der Waals surface area contributed by atoms with Crippen LogP contribution in [0.4, 0.5) is 11.4 Å². The highest BCUT2D eigenvalue weighted by molar-refractivity contribution is 5.80. The molecule has 49 heavy (non-hydrogen) atoms. The molecule has 13 heteroatoms. The lowest BCUT2D eigenvalue weighted by Crippen LogP contribution is -2.23. The van der Waals surface area contributed by atoms with Crippen molar-refractivity contribution >= 4 is 41.5 Å². The quantitative estimate of drug-likeness (QED) is 0.0726. The number of nitrogens with zero attached hydrogens (tertiary/aromatic N) is 2. The Morgan fingerprint density at radius 1 is 0.592 bits per heavy atom. The monoisotopic (exact) mass is 690 g/mol. The van der Waals surface area contributed by atoms with Gasteiger partial charge in [-0.15, -0.1) is 0 Å². The van der Waals surface area contributed by atoms with Crippen LogP contribution in [0.25, 0.3) is 0 Å². The van der Waals surface area contributed by atoms with Crippen LogP contribution in [0.2, 0.25) is 0 Å². The number of hydrogen-bond donors (Lipinski definition) is 0. The predicted octanol–water partition coefficient (Wildman–Crippen LogP) is 5.26. The fourth-order valence-corrected chi connectivity index (χ4v) is 3.92. The number of benzene rings is 2. The summed E-state index contributed by atoms with van der Waals surface area (Å²) in [4.78, 5) is 57.9. The molecule has 2 rings (SSSR count). The van der Waals surface area contributed by atoms with E-state index in [1.54, 1.807) is 12.1 Å². The van der Waals surface area contributed by atoms with E-state index in [4.69, 9.17) is 28.4 Å². The highest BCUT2D eigenvalue weighted by atomic mass is 16.5. The summed E-state index contributed by atoms with van der Waals surface area (Å²) < 4.78 is 31.0. The van der Waals surface area contributed by atoms with Crippen LogP contribution in [-0.2, 0) is 38.1 Å². The number of aldehydes is 1. The summed E-state index contributed by atoms with van der Waals surface area (Å²) in [6.45, 7) is 9.10. The molecule has 0 atom stereocenters. The molecule has 0 saturated carbocycles. The molecule has 2 aromatic carbocycles. The van der Waals surface area contributed by atoms with Gasteiger partial charge in [0, 0.05) is 65.3 Å². The van der Waals surface area contributed by atoms with Gasteiger partial charge in [-0.3, -0.25) is 24.0 Å². The molecule has 0 N–H and O–H groups in total. The van der Waals surface area contributed by atoms with Gasteiger partial charge in [-0.05, 0) is 49.9 Å². The maximum absolute atomic E-state index is 11.2. The Kier molecular flexibility index (Phi) is 23.6. The molecule has 0 heterocycles. The molecule has 2 aromatic rings. The standard InChI is InChI=1S/C18H25NO6.C17H25NO5.CH4/c1-14(21)23-9-4-5-10-25-18-12-17(7-6-16(18)13-20)19(3)8-11-24-15(2)22;1-14(19)21-10-4-5-11-23-17-8-6-7-16(13-17)18(3)9-12-22-15(2)20;/h6-7,12-13H,4-5,8-11H2,1-3H3;6-8,13H,4-5,9-12H2,1-3H3;1H4. The fraction of sp³-hybridized carbons (Fsp3) is 0.528. The lowest BCUT2D eigenvalue weighted by molar-refractivity contribution is -0.142. The van der Waals surface area contributed by atoms with Gasteiger partial charge in [0.25, 0.3) is 0 Å². The maximum Gasteiger partial charge on any atom is 0.302 e.